The van der Waals surface area contributed by atoms with Crippen molar-refractivity contribution in [1.82, 2.24) is 9.78 Å². The minimum Gasteiger partial charge on any atom is -0.461 e. The third kappa shape index (κ3) is 4.18. The van der Waals surface area contributed by atoms with Crippen molar-refractivity contribution in [1.29, 1.82) is 0 Å². The SMILES string of the molecule is Cc1ccc(-c2cccc(NC(=O)Cn3nc(-c4ccc(C)s4)cc(N)c3=O)c2)o1. The molecule has 0 fully saturated rings. The number of nitrogen functional groups attached to an aromatic ring is 1. The van der Waals surface area contributed by atoms with Gasteiger partial charge in [0.25, 0.3) is 5.56 Å². The standard InChI is InChI=1S/C22H20N4O3S/c1-13-6-8-19(29-13)15-4-3-5-16(10-15)24-21(27)12-26-22(28)17(23)11-18(25-26)20-9-7-14(2)30-20/h3-11H,12,23H2,1-2H3,(H,24,27). The first-order valence-corrected chi connectivity index (χ1v) is 10.1. The van der Waals surface area contributed by atoms with Crippen molar-refractivity contribution in [3.63, 3.8) is 0 Å². The number of rotatable bonds is 5. The van der Waals surface area contributed by atoms with E-state index in [1.54, 1.807) is 17.4 Å². The van der Waals surface area contributed by atoms with Crippen molar-refractivity contribution in [3.8, 4) is 21.9 Å². The number of aromatic nitrogens is 2. The largest absolute Gasteiger partial charge is 0.461 e. The Bertz CT molecular complexity index is 1290. The van der Waals surface area contributed by atoms with E-state index in [-0.39, 0.29) is 18.1 Å². The summed E-state index contributed by atoms with van der Waals surface area (Å²) in [6.45, 7) is 3.61. The van der Waals surface area contributed by atoms with Crippen LogP contribution < -0.4 is 16.6 Å². The zero-order valence-electron chi connectivity index (χ0n) is 16.5. The molecule has 0 radical (unpaired) electrons. The van der Waals surface area contributed by atoms with Crippen molar-refractivity contribution in [2.45, 2.75) is 20.4 Å². The maximum Gasteiger partial charge on any atom is 0.290 e. The first-order chi connectivity index (χ1) is 14.4. The molecular weight excluding hydrogens is 400 g/mol. The number of hydrogen-bond acceptors (Lipinski definition) is 6. The number of hydrogen-bond donors (Lipinski definition) is 2. The fraction of sp³-hybridized carbons (Fsp3) is 0.136. The molecule has 4 aromatic rings. The monoisotopic (exact) mass is 420 g/mol. The van der Waals surface area contributed by atoms with E-state index in [1.165, 1.54) is 6.07 Å². The lowest BCUT2D eigenvalue weighted by Gasteiger charge is -2.09. The zero-order valence-corrected chi connectivity index (χ0v) is 17.3. The molecule has 0 aliphatic heterocycles. The highest BCUT2D eigenvalue weighted by Crippen LogP contribution is 2.26. The van der Waals surface area contributed by atoms with Crippen LogP contribution in [0.4, 0.5) is 11.4 Å². The number of carbonyl (C=O) groups is 1. The van der Waals surface area contributed by atoms with Crippen molar-refractivity contribution in [2.75, 3.05) is 11.1 Å². The summed E-state index contributed by atoms with van der Waals surface area (Å²) >= 11 is 1.54. The molecule has 0 aliphatic carbocycles. The van der Waals surface area contributed by atoms with Crippen LogP contribution in [0.25, 0.3) is 21.9 Å². The first kappa shape index (κ1) is 19.7. The third-order valence-electron chi connectivity index (χ3n) is 4.46. The van der Waals surface area contributed by atoms with Crippen molar-refractivity contribution in [2.24, 2.45) is 0 Å². The van der Waals surface area contributed by atoms with Gasteiger partial charge in [-0.15, -0.1) is 11.3 Å². The van der Waals surface area contributed by atoms with Gasteiger partial charge < -0.3 is 15.5 Å². The molecule has 3 aromatic heterocycles. The van der Waals surface area contributed by atoms with E-state index in [1.807, 2.05) is 56.3 Å². The summed E-state index contributed by atoms with van der Waals surface area (Å²) in [4.78, 5) is 27.0. The molecule has 30 heavy (non-hydrogen) atoms. The van der Waals surface area contributed by atoms with E-state index in [0.29, 0.717) is 17.1 Å². The second-order valence-corrected chi connectivity index (χ2v) is 8.19. The Balaban J connectivity index is 1.54. The normalized spacial score (nSPS) is 10.9. The fourth-order valence-electron chi connectivity index (χ4n) is 3.04. The van der Waals surface area contributed by atoms with Crippen LogP contribution in [-0.4, -0.2) is 15.7 Å². The summed E-state index contributed by atoms with van der Waals surface area (Å²) in [7, 11) is 0. The van der Waals surface area contributed by atoms with Gasteiger partial charge in [-0.2, -0.15) is 5.10 Å². The van der Waals surface area contributed by atoms with Gasteiger partial charge >= 0.3 is 0 Å². The van der Waals surface area contributed by atoms with E-state index >= 15 is 0 Å². The molecule has 0 saturated heterocycles. The number of aryl methyl sites for hydroxylation is 2. The summed E-state index contributed by atoms with van der Waals surface area (Å²) in [5, 5.41) is 7.12. The van der Waals surface area contributed by atoms with Crippen LogP contribution in [0.5, 0.6) is 0 Å². The molecule has 0 saturated carbocycles. The Labute approximate surface area is 176 Å². The summed E-state index contributed by atoms with van der Waals surface area (Å²) in [6.07, 6.45) is 0. The predicted molar refractivity (Wildman–Crippen MR) is 118 cm³/mol. The summed E-state index contributed by atoms with van der Waals surface area (Å²) < 4.78 is 6.72. The lowest BCUT2D eigenvalue weighted by atomic mass is 10.1. The van der Waals surface area contributed by atoms with Crippen molar-refractivity contribution >= 4 is 28.6 Å². The number of benzene rings is 1. The predicted octanol–water partition coefficient (Wildman–Crippen LogP) is 4.07. The van der Waals surface area contributed by atoms with E-state index in [4.69, 9.17) is 10.2 Å². The number of thiophene rings is 1. The molecule has 0 spiro atoms. The van der Waals surface area contributed by atoms with E-state index < -0.39 is 5.56 Å². The van der Waals surface area contributed by atoms with Gasteiger partial charge in [0.1, 0.15) is 29.4 Å². The smallest absolute Gasteiger partial charge is 0.290 e. The number of anilines is 2. The molecule has 152 valence electrons. The first-order valence-electron chi connectivity index (χ1n) is 9.30. The van der Waals surface area contributed by atoms with Gasteiger partial charge in [0.15, 0.2) is 0 Å². The zero-order chi connectivity index (χ0) is 21.3. The van der Waals surface area contributed by atoms with Crippen LogP contribution in [0.1, 0.15) is 10.6 Å². The quantitative estimate of drug-likeness (QED) is 0.507. The maximum absolute atomic E-state index is 12.6. The molecule has 0 atom stereocenters. The number of nitrogens with zero attached hydrogens (tertiary/aromatic N) is 2. The molecule has 0 unspecified atom stereocenters. The average Bonchev–Trinajstić information content (AvgIpc) is 3.34. The number of nitrogens with one attached hydrogen (secondary N) is 1. The van der Waals surface area contributed by atoms with Gasteiger partial charge in [-0.05, 0) is 56.3 Å². The van der Waals surface area contributed by atoms with Crippen LogP contribution in [0.3, 0.4) is 0 Å². The maximum atomic E-state index is 12.6. The molecule has 0 bridgehead atoms. The minimum atomic E-state index is -0.498. The fourth-order valence-corrected chi connectivity index (χ4v) is 3.86. The summed E-state index contributed by atoms with van der Waals surface area (Å²) in [5.74, 6) is 1.15. The molecule has 1 amide bonds. The van der Waals surface area contributed by atoms with Gasteiger partial charge in [0.05, 0.1) is 4.88 Å². The number of furan rings is 1. The van der Waals surface area contributed by atoms with Gasteiger partial charge in [-0.3, -0.25) is 9.59 Å². The van der Waals surface area contributed by atoms with Gasteiger partial charge in [-0.1, -0.05) is 12.1 Å². The van der Waals surface area contributed by atoms with Crippen LogP contribution >= 0.6 is 11.3 Å². The summed E-state index contributed by atoms with van der Waals surface area (Å²) in [6, 6.07) is 16.5. The lowest BCUT2D eigenvalue weighted by Crippen LogP contribution is -2.31. The van der Waals surface area contributed by atoms with Gasteiger partial charge in [0.2, 0.25) is 5.91 Å². The van der Waals surface area contributed by atoms with Crippen LogP contribution in [0.15, 0.2) is 63.8 Å². The third-order valence-corrected chi connectivity index (χ3v) is 5.48. The minimum absolute atomic E-state index is 0.0500. The number of carbonyl (C=O) groups excluding carboxylic acids is 1. The van der Waals surface area contributed by atoms with Crippen LogP contribution in [0, 0.1) is 13.8 Å². The topological polar surface area (TPSA) is 103 Å². The Morgan fingerprint density at radius 2 is 2.00 bits per heavy atom. The molecule has 3 heterocycles. The second kappa shape index (κ2) is 8.00. The molecule has 7 nitrogen and oxygen atoms in total. The Kier molecular flexibility index (Phi) is 5.24. The Morgan fingerprint density at radius 3 is 2.70 bits per heavy atom. The molecule has 3 N–H and O–H groups in total. The van der Waals surface area contributed by atoms with E-state index in [0.717, 1.165) is 25.8 Å². The van der Waals surface area contributed by atoms with E-state index in [2.05, 4.69) is 10.4 Å². The highest BCUT2D eigenvalue weighted by Gasteiger charge is 2.13. The molecule has 4 rings (SSSR count). The van der Waals surface area contributed by atoms with Crippen molar-refractivity contribution in [3.05, 3.63) is 75.6 Å². The number of amides is 1. The van der Waals surface area contributed by atoms with Crippen molar-refractivity contribution < 1.29 is 9.21 Å². The highest BCUT2D eigenvalue weighted by molar-refractivity contribution is 7.15. The average molecular weight is 420 g/mol. The second-order valence-electron chi connectivity index (χ2n) is 6.90. The van der Waals surface area contributed by atoms with Gasteiger partial charge in [0, 0.05) is 16.1 Å². The van der Waals surface area contributed by atoms with E-state index in [9.17, 15) is 9.59 Å². The lowest BCUT2D eigenvalue weighted by molar-refractivity contribution is -0.117. The molecule has 1 aromatic carbocycles. The molecule has 0 aliphatic rings. The Hall–Kier alpha value is -3.65. The Morgan fingerprint density at radius 1 is 1.17 bits per heavy atom. The van der Waals surface area contributed by atoms with Gasteiger partial charge in [-0.25, -0.2) is 4.68 Å². The number of nitrogens with two attached hydrogens (primary N) is 1. The molecular formula is C22H20N4O3S. The van der Waals surface area contributed by atoms with Crippen LogP contribution in [-0.2, 0) is 11.3 Å². The molecule has 8 heteroatoms. The summed E-state index contributed by atoms with van der Waals surface area (Å²) in [5.41, 5.74) is 7.42. The highest BCUT2D eigenvalue weighted by atomic mass is 32.1. The van der Waals surface area contributed by atoms with Crippen LogP contribution in [0.2, 0.25) is 0 Å².